The highest BCUT2D eigenvalue weighted by Crippen LogP contribution is 2.29. The summed E-state index contributed by atoms with van der Waals surface area (Å²) in [6.45, 7) is 2.18. The summed E-state index contributed by atoms with van der Waals surface area (Å²) in [4.78, 5) is 0. The molecule has 0 radical (unpaired) electrons. The van der Waals surface area contributed by atoms with Gasteiger partial charge in [-0.15, -0.1) is 0 Å². The van der Waals surface area contributed by atoms with E-state index in [0.29, 0.717) is 5.92 Å². The van der Waals surface area contributed by atoms with E-state index in [-0.39, 0.29) is 11.6 Å². The Bertz CT molecular complexity index is 705. The molecule has 0 fully saturated rings. The highest BCUT2D eigenvalue weighted by molar-refractivity contribution is 5.31. The second kappa shape index (κ2) is 8.60. The highest BCUT2D eigenvalue weighted by Gasteiger charge is 2.19. The fourth-order valence-corrected chi connectivity index (χ4v) is 3.94. The van der Waals surface area contributed by atoms with Gasteiger partial charge < -0.3 is 0 Å². The van der Waals surface area contributed by atoms with Crippen molar-refractivity contribution in [2.45, 2.75) is 64.7 Å². The van der Waals surface area contributed by atoms with Crippen molar-refractivity contribution < 1.29 is 8.78 Å². The van der Waals surface area contributed by atoms with Crippen LogP contribution >= 0.6 is 0 Å². The van der Waals surface area contributed by atoms with Crippen LogP contribution < -0.4 is 0 Å². The number of hydrogen-bond donors (Lipinski definition) is 0. The number of aryl methyl sites for hydroxylation is 3. The van der Waals surface area contributed by atoms with Crippen LogP contribution in [0.2, 0.25) is 0 Å². The maximum atomic E-state index is 14.4. The fraction of sp³-hybridized carbons (Fsp3) is 0.478. The Morgan fingerprint density at radius 1 is 0.960 bits per heavy atom. The Labute approximate surface area is 150 Å². The lowest BCUT2D eigenvalue weighted by atomic mass is 9.81. The molecule has 134 valence electrons. The molecule has 2 heteroatoms. The fourth-order valence-electron chi connectivity index (χ4n) is 3.94. The molecule has 1 aliphatic carbocycles. The SMILES string of the molecule is CCCCCc1ccc(CCC2CCc3ccc(F)cc3C2)c(F)c1. The lowest BCUT2D eigenvalue weighted by Gasteiger charge is -2.24. The molecule has 0 aliphatic heterocycles. The molecule has 1 atom stereocenters. The number of fused-ring (bicyclic) bond motifs is 1. The summed E-state index contributed by atoms with van der Waals surface area (Å²) in [6.07, 6.45) is 9.29. The van der Waals surface area contributed by atoms with Crippen molar-refractivity contribution in [1.82, 2.24) is 0 Å². The van der Waals surface area contributed by atoms with E-state index in [2.05, 4.69) is 13.0 Å². The number of rotatable bonds is 7. The van der Waals surface area contributed by atoms with Crippen LogP contribution in [0.1, 0.15) is 61.3 Å². The molecule has 0 saturated heterocycles. The van der Waals surface area contributed by atoms with Crippen molar-refractivity contribution in [3.8, 4) is 0 Å². The number of hydrogen-bond acceptors (Lipinski definition) is 0. The molecule has 0 bridgehead atoms. The first-order valence-corrected chi connectivity index (χ1v) is 9.70. The quantitative estimate of drug-likeness (QED) is 0.508. The molecule has 1 aliphatic rings. The molecule has 0 saturated carbocycles. The summed E-state index contributed by atoms with van der Waals surface area (Å²) < 4.78 is 27.8. The molecule has 2 aromatic rings. The molecule has 0 nitrogen and oxygen atoms in total. The molecule has 0 N–H and O–H groups in total. The molecule has 0 amide bonds. The molecular formula is C23H28F2. The lowest BCUT2D eigenvalue weighted by molar-refractivity contribution is 0.422. The van der Waals surface area contributed by atoms with E-state index < -0.39 is 0 Å². The van der Waals surface area contributed by atoms with Gasteiger partial charge in [0.15, 0.2) is 0 Å². The number of halogens is 2. The third-order valence-corrected chi connectivity index (χ3v) is 5.51. The molecule has 2 aromatic carbocycles. The summed E-state index contributed by atoms with van der Waals surface area (Å²) in [5.41, 5.74) is 4.35. The topological polar surface area (TPSA) is 0 Å². The maximum absolute atomic E-state index is 14.4. The average Bonchev–Trinajstić information content (AvgIpc) is 2.61. The average molecular weight is 342 g/mol. The smallest absolute Gasteiger partial charge is 0.126 e. The van der Waals surface area contributed by atoms with Crippen LogP contribution in [0.25, 0.3) is 0 Å². The van der Waals surface area contributed by atoms with E-state index in [9.17, 15) is 8.78 Å². The van der Waals surface area contributed by atoms with Crippen molar-refractivity contribution in [3.63, 3.8) is 0 Å². The molecular weight excluding hydrogens is 314 g/mol. The van der Waals surface area contributed by atoms with Crippen molar-refractivity contribution in [3.05, 3.63) is 70.3 Å². The van der Waals surface area contributed by atoms with E-state index in [1.54, 1.807) is 18.2 Å². The Morgan fingerprint density at radius 3 is 2.64 bits per heavy atom. The Kier molecular flexibility index (Phi) is 6.23. The van der Waals surface area contributed by atoms with E-state index in [1.165, 1.54) is 18.4 Å². The zero-order valence-corrected chi connectivity index (χ0v) is 15.2. The second-order valence-electron chi connectivity index (χ2n) is 7.44. The molecule has 1 unspecified atom stereocenters. The van der Waals surface area contributed by atoms with Crippen LogP contribution in [0, 0.1) is 17.6 Å². The van der Waals surface area contributed by atoms with Gasteiger partial charge in [0.25, 0.3) is 0 Å². The van der Waals surface area contributed by atoms with E-state index in [1.807, 2.05) is 12.1 Å². The molecule has 3 rings (SSSR count). The molecule has 0 spiro atoms. The van der Waals surface area contributed by atoms with Gasteiger partial charge in [-0.2, -0.15) is 0 Å². The van der Waals surface area contributed by atoms with Crippen LogP contribution in [-0.2, 0) is 25.7 Å². The summed E-state index contributed by atoms with van der Waals surface area (Å²) in [7, 11) is 0. The van der Waals surface area contributed by atoms with Gasteiger partial charge in [0, 0.05) is 0 Å². The summed E-state index contributed by atoms with van der Waals surface area (Å²) >= 11 is 0. The van der Waals surface area contributed by atoms with Crippen molar-refractivity contribution in [2.75, 3.05) is 0 Å². The zero-order chi connectivity index (χ0) is 17.6. The Balaban J connectivity index is 1.55. The minimum atomic E-state index is -0.149. The van der Waals surface area contributed by atoms with Gasteiger partial charge in [0.2, 0.25) is 0 Å². The minimum Gasteiger partial charge on any atom is -0.207 e. The van der Waals surface area contributed by atoms with Crippen LogP contribution in [-0.4, -0.2) is 0 Å². The molecule has 25 heavy (non-hydrogen) atoms. The van der Waals surface area contributed by atoms with Crippen LogP contribution in [0.3, 0.4) is 0 Å². The lowest BCUT2D eigenvalue weighted by Crippen LogP contribution is -2.15. The van der Waals surface area contributed by atoms with Crippen LogP contribution in [0.4, 0.5) is 8.78 Å². The first-order valence-electron chi connectivity index (χ1n) is 9.70. The largest absolute Gasteiger partial charge is 0.207 e. The van der Waals surface area contributed by atoms with E-state index in [0.717, 1.165) is 61.6 Å². The molecule has 0 aromatic heterocycles. The highest BCUT2D eigenvalue weighted by atomic mass is 19.1. The van der Waals surface area contributed by atoms with Crippen molar-refractivity contribution >= 4 is 0 Å². The van der Waals surface area contributed by atoms with Gasteiger partial charge >= 0.3 is 0 Å². The minimum absolute atomic E-state index is 0.0590. The number of unbranched alkanes of at least 4 members (excludes halogenated alkanes) is 2. The van der Waals surface area contributed by atoms with Crippen molar-refractivity contribution in [1.29, 1.82) is 0 Å². The summed E-state index contributed by atoms with van der Waals surface area (Å²) in [6, 6.07) is 10.9. The van der Waals surface area contributed by atoms with Gasteiger partial charge in [-0.25, -0.2) is 8.78 Å². The van der Waals surface area contributed by atoms with Crippen molar-refractivity contribution in [2.24, 2.45) is 5.92 Å². The summed E-state index contributed by atoms with van der Waals surface area (Å²) in [5, 5.41) is 0. The zero-order valence-electron chi connectivity index (χ0n) is 15.2. The normalized spacial score (nSPS) is 16.7. The first kappa shape index (κ1) is 18.1. The maximum Gasteiger partial charge on any atom is 0.126 e. The second-order valence-corrected chi connectivity index (χ2v) is 7.44. The van der Waals surface area contributed by atoms with Gasteiger partial charge in [0.05, 0.1) is 0 Å². The van der Waals surface area contributed by atoms with E-state index >= 15 is 0 Å². The van der Waals surface area contributed by atoms with E-state index in [4.69, 9.17) is 0 Å². The van der Waals surface area contributed by atoms with Crippen LogP contribution in [0.5, 0.6) is 0 Å². The van der Waals surface area contributed by atoms with Gasteiger partial charge in [-0.05, 0) is 91.3 Å². The Morgan fingerprint density at radius 2 is 1.84 bits per heavy atom. The monoisotopic (exact) mass is 342 g/mol. The van der Waals surface area contributed by atoms with Gasteiger partial charge in [-0.3, -0.25) is 0 Å². The summed E-state index contributed by atoms with van der Waals surface area (Å²) in [5.74, 6) is 0.318. The Hall–Kier alpha value is -1.70. The standard InChI is InChI=1S/C23H28F2/c1-2-3-4-5-17-7-10-20(23(25)15-17)11-8-18-6-9-19-12-13-22(24)16-21(19)14-18/h7,10,12-13,15-16,18H,2-6,8-9,11,14H2,1H3. The predicted molar refractivity (Wildman–Crippen MR) is 99.9 cm³/mol. The molecule has 0 heterocycles. The number of benzene rings is 2. The first-order chi connectivity index (χ1) is 12.2. The van der Waals surface area contributed by atoms with Gasteiger partial charge in [-0.1, -0.05) is 38.0 Å². The third kappa shape index (κ3) is 4.90. The van der Waals surface area contributed by atoms with Gasteiger partial charge in [0.1, 0.15) is 11.6 Å². The predicted octanol–water partition coefficient (Wildman–Crippen LogP) is 6.44. The third-order valence-electron chi connectivity index (χ3n) is 5.51. The van der Waals surface area contributed by atoms with Crippen LogP contribution in [0.15, 0.2) is 36.4 Å².